The number of carbonyl (C=O) groups excluding carboxylic acids is 1. The summed E-state index contributed by atoms with van der Waals surface area (Å²) in [4.78, 5) is 9.81. The van der Waals surface area contributed by atoms with E-state index in [2.05, 4.69) is 41.5 Å². The fourth-order valence-electron chi connectivity index (χ4n) is 2.07. The number of carbonyl (C=O) groups is 1. The standard InChI is InChI=1S/C9H16O.C8H18/c1-2-3-4-5-6-7-8-9-10;1-7(2)6-8(3,4)5/h7-9H,2-6H2,1H3;7H,6H2,1-5H3. The van der Waals surface area contributed by atoms with Gasteiger partial charge in [-0.1, -0.05) is 66.9 Å². The molecule has 0 amide bonds. The first-order valence-corrected chi connectivity index (χ1v) is 7.43. The summed E-state index contributed by atoms with van der Waals surface area (Å²) in [6.45, 7) is 13.6. The molecule has 0 aliphatic heterocycles. The van der Waals surface area contributed by atoms with Crippen molar-refractivity contribution in [1.29, 1.82) is 0 Å². The zero-order valence-corrected chi connectivity index (χ0v) is 13.5. The van der Waals surface area contributed by atoms with Gasteiger partial charge in [0.25, 0.3) is 0 Å². The van der Waals surface area contributed by atoms with Gasteiger partial charge in [0.15, 0.2) is 0 Å². The fourth-order valence-corrected chi connectivity index (χ4v) is 2.07. The zero-order valence-electron chi connectivity index (χ0n) is 13.5. The molecule has 0 fully saturated rings. The Morgan fingerprint density at radius 3 is 2.00 bits per heavy atom. The summed E-state index contributed by atoms with van der Waals surface area (Å²) in [6.07, 6.45) is 11.8. The van der Waals surface area contributed by atoms with Gasteiger partial charge >= 0.3 is 0 Å². The first-order valence-electron chi connectivity index (χ1n) is 7.43. The number of rotatable bonds is 7. The van der Waals surface area contributed by atoms with Crippen molar-refractivity contribution in [2.45, 2.75) is 80.1 Å². The molecule has 0 radical (unpaired) electrons. The minimum Gasteiger partial charge on any atom is -0.299 e. The van der Waals surface area contributed by atoms with Crippen LogP contribution in [0.2, 0.25) is 0 Å². The molecule has 0 aromatic carbocycles. The topological polar surface area (TPSA) is 17.1 Å². The Kier molecular flexibility index (Phi) is 14.1. The summed E-state index contributed by atoms with van der Waals surface area (Å²) >= 11 is 0. The van der Waals surface area contributed by atoms with Crippen LogP contribution >= 0.6 is 0 Å². The van der Waals surface area contributed by atoms with Crippen molar-refractivity contribution >= 4 is 6.29 Å². The molecule has 0 aliphatic carbocycles. The lowest BCUT2D eigenvalue weighted by Gasteiger charge is -2.19. The number of allylic oxidation sites excluding steroid dienone is 2. The van der Waals surface area contributed by atoms with Crippen LogP contribution in [-0.2, 0) is 4.79 Å². The first kappa shape index (κ1) is 19.7. The average molecular weight is 254 g/mol. The van der Waals surface area contributed by atoms with Crippen molar-refractivity contribution in [2.75, 3.05) is 0 Å². The first-order chi connectivity index (χ1) is 8.33. The molecule has 0 atom stereocenters. The lowest BCUT2D eigenvalue weighted by atomic mass is 9.86. The molecule has 0 saturated heterocycles. The number of aldehydes is 1. The predicted molar refractivity (Wildman–Crippen MR) is 82.9 cm³/mol. The molecule has 18 heavy (non-hydrogen) atoms. The van der Waals surface area contributed by atoms with Gasteiger partial charge in [-0.05, 0) is 36.7 Å². The van der Waals surface area contributed by atoms with Gasteiger partial charge in [0.1, 0.15) is 6.29 Å². The highest BCUT2D eigenvalue weighted by Gasteiger charge is 2.11. The zero-order chi connectivity index (χ0) is 14.4. The molecule has 0 aromatic heterocycles. The van der Waals surface area contributed by atoms with Gasteiger partial charge in [0, 0.05) is 0 Å². The van der Waals surface area contributed by atoms with Crippen LogP contribution in [0, 0.1) is 11.3 Å². The lowest BCUT2D eigenvalue weighted by Crippen LogP contribution is -2.08. The Morgan fingerprint density at radius 2 is 1.67 bits per heavy atom. The van der Waals surface area contributed by atoms with Crippen LogP contribution < -0.4 is 0 Å². The SMILES string of the molecule is CC(C)CC(C)(C)C.CCCCCCC=CC=O. The summed E-state index contributed by atoms with van der Waals surface area (Å²) in [5.74, 6) is 0.843. The van der Waals surface area contributed by atoms with Crippen molar-refractivity contribution in [2.24, 2.45) is 11.3 Å². The normalized spacial score (nSPS) is 11.5. The fraction of sp³-hybridized carbons (Fsp3) is 0.824. The molecule has 0 N–H and O–H groups in total. The van der Waals surface area contributed by atoms with E-state index in [1.807, 2.05) is 6.08 Å². The third-order valence-electron chi connectivity index (χ3n) is 2.46. The third-order valence-corrected chi connectivity index (χ3v) is 2.46. The Balaban J connectivity index is 0. The minimum absolute atomic E-state index is 0.522. The monoisotopic (exact) mass is 254 g/mol. The number of unbranched alkanes of at least 4 members (excludes halogenated alkanes) is 4. The summed E-state index contributed by atoms with van der Waals surface area (Å²) in [5, 5.41) is 0. The predicted octanol–water partition coefficient (Wildman–Crippen LogP) is 5.79. The molecule has 1 nitrogen and oxygen atoms in total. The molecule has 0 bridgehead atoms. The van der Waals surface area contributed by atoms with Crippen LogP contribution in [0.5, 0.6) is 0 Å². The van der Waals surface area contributed by atoms with Gasteiger partial charge in [0.2, 0.25) is 0 Å². The third kappa shape index (κ3) is 24.6. The maximum Gasteiger partial charge on any atom is 0.142 e. The van der Waals surface area contributed by atoms with Gasteiger partial charge in [-0.2, -0.15) is 0 Å². The molecule has 0 spiro atoms. The van der Waals surface area contributed by atoms with Gasteiger partial charge in [-0.25, -0.2) is 0 Å². The molecule has 108 valence electrons. The lowest BCUT2D eigenvalue weighted by molar-refractivity contribution is -0.104. The van der Waals surface area contributed by atoms with Crippen LogP contribution in [-0.4, -0.2) is 6.29 Å². The summed E-state index contributed by atoms with van der Waals surface area (Å²) < 4.78 is 0. The highest BCUT2D eigenvalue weighted by atomic mass is 16.1. The van der Waals surface area contributed by atoms with Crippen LogP contribution in [0.15, 0.2) is 12.2 Å². The van der Waals surface area contributed by atoms with Crippen LogP contribution in [0.1, 0.15) is 80.1 Å². The molecule has 0 aliphatic rings. The van der Waals surface area contributed by atoms with Crippen molar-refractivity contribution in [1.82, 2.24) is 0 Å². The molecule has 1 heteroatoms. The van der Waals surface area contributed by atoms with Gasteiger partial charge in [-0.3, -0.25) is 4.79 Å². The van der Waals surface area contributed by atoms with E-state index in [9.17, 15) is 4.79 Å². The van der Waals surface area contributed by atoms with E-state index >= 15 is 0 Å². The molecule has 0 saturated carbocycles. The molecular formula is C17H34O. The van der Waals surface area contributed by atoms with Crippen molar-refractivity contribution in [3.05, 3.63) is 12.2 Å². The second-order valence-electron chi connectivity index (χ2n) is 6.57. The summed E-state index contributed by atoms with van der Waals surface area (Å²) in [7, 11) is 0. The molecule has 0 rings (SSSR count). The Bertz CT molecular complexity index is 196. The Labute approximate surface area is 115 Å². The largest absolute Gasteiger partial charge is 0.299 e. The molecule has 0 heterocycles. The van der Waals surface area contributed by atoms with Gasteiger partial charge in [0.05, 0.1) is 0 Å². The van der Waals surface area contributed by atoms with Crippen molar-refractivity contribution < 1.29 is 4.79 Å². The maximum absolute atomic E-state index is 9.81. The second kappa shape index (κ2) is 12.9. The van der Waals surface area contributed by atoms with E-state index in [1.54, 1.807) is 6.08 Å². The summed E-state index contributed by atoms with van der Waals surface area (Å²) in [6, 6.07) is 0. The highest BCUT2D eigenvalue weighted by Crippen LogP contribution is 2.23. The van der Waals surface area contributed by atoms with E-state index in [-0.39, 0.29) is 0 Å². The number of hydrogen-bond acceptors (Lipinski definition) is 1. The molecule has 0 aromatic rings. The van der Waals surface area contributed by atoms with E-state index in [0.717, 1.165) is 18.6 Å². The van der Waals surface area contributed by atoms with E-state index in [4.69, 9.17) is 0 Å². The number of hydrogen-bond donors (Lipinski definition) is 0. The molecule has 0 unspecified atom stereocenters. The van der Waals surface area contributed by atoms with E-state index < -0.39 is 0 Å². The maximum atomic E-state index is 9.81. The van der Waals surface area contributed by atoms with E-state index in [1.165, 1.54) is 32.1 Å². The van der Waals surface area contributed by atoms with E-state index in [0.29, 0.717) is 5.41 Å². The Hall–Kier alpha value is -0.590. The van der Waals surface area contributed by atoms with Gasteiger partial charge in [-0.15, -0.1) is 0 Å². The Morgan fingerprint density at radius 1 is 1.06 bits per heavy atom. The van der Waals surface area contributed by atoms with Gasteiger partial charge < -0.3 is 0 Å². The quantitative estimate of drug-likeness (QED) is 0.319. The van der Waals surface area contributed by atoms with Crippen molar-refractivity contribution in [3.8, 4) is 0 Å². The molecular weight excluding hydrogens is 220 g/mol. The van der Waals surface area contributed by atoms with Crippen LogP contribution in [0.4, 0.5) is 0 Å². The average Bonchev–Trinajstić information content (AvgIpc) is 2.20. The summed E-state index contributed by atoms with van der Waals surface area (Å²) in [5.41, 5.74) is 0.522. The smallest absolute Gasteiger partial charge is 0.142 e. The van der Waals surface area contributed by atoms with Crippen LogP contribution in [0.25, 0.3) is 0 Å². The second-order valence-corrected chi connectivity index (χ2v) is 6.57. The highest BCUT2D eigenvalue weighted by molar-refractivity contribution is 5.64. The van der Waals surface area contributed by atoms with Crippen LogP contribution in [0.3, 0.4) is 0 Å². The van der Waals surface area contributed by atoms with Crippen molar-refractivity contribution in [3.63, 3.8) is 0 Å². The minimum atomic E-state index is 0.522.